The minimum Gasteiger partial charge on any atom is -0.335 e. The number of aromatic nitrogens is 6. The Kier molecular flexibility index (Phi) is 5.22. The molecule has 6 rings (SSSR count). The molecule has 4 aromatic heterocycles. The second-order valence-electron chi connectivity index (χ2n) is 8.37. The first-order valence-electron chi connectivity index (χ1n) is 11.4. The number of amides is 1. The maximum absolute atomic E-state index is 13.4. The molecule has 0 bridgehead atoms. The van der Waals surface area contributed by atoms with E-state index in [2.05, 4.69) is 30.5 Å². The van der Waals surface area contributed by atoms with Crippen molar-refractivity contribution in [3.63, 3.8) is 0 Å². The zero-order valence-corrected chi connectivity index (χ0v) is 19.2. The van der Waals surface area contributed by atoms with Gasteiger partial charge in [0.1, 0.15) is 11.5 Å². The number of halogens is 1. The molecule has 2 aromatic carbocycles. The summed E-state index contributed by atoms with van der Waals surface area (Å²) in [7, 11) is 0. The number of hydrogen-bond donors (Lipinski definition) is 3. The third kappa shape index (κ3) is 3.86. The molecule has 8 nitrogen and oxygen atoms in total. The van der Waals surface area contributed by atoms with Gasteiger partial charge in [-0.25, -0.2) is 9.37 Å². The van der Waals surface area contributed by atoms with E-state index in [4.69, 9.17) is 4.98 Å². The van der Waals surface area contributed by atoms with Crippen LogP contribution in [0.2, 0.25) is 0 Å². The molecule has 6 aromatic rings. The number of nitrogens with one attached hydrogen (secondary N) is 3. The maximum Gasteiger partial charge on any atom is 0.224 e. The van der Waals surface area contributed by atoms with Crippen molar-refractivity contribution in [3.8, 4) is 33.8 Å². The number of benzene rings is 2. The average Bonchev–Trinajstić information content (AvgIpc) is 3.53. The van der Waals surface area contributed by atoms with Crippen molar-refractivity contribution < 1.29 is 9.18 Å². The van der Waals surface area contributed by atoms with E-state index in [0.29, 0.717) is 23.6 Å². The summed E-state index contributed by atoms with van der Waals surface area (Å²) < 4.78 is 13.4. The lowest BCUT2D eigenvalue weighted by atomic mass is 10.0. The molecule has 176 valence electrons. The molecule has 0 aliphatic rings. The van der Waals surface area contributed by atoms with Gasteiger partial charge in [-0.2, -0.15) is 5.10 Å². The number of H-pyrrole nitrogens is 2. The maximum atomic E-state index is 13.4. The molecule has 0 fully saturated rings. The number of fused-ring (bicyclic) bond motifs is 2. The van der Waals surface area contributed by atoms with Gasteiger partial charge in [0.15, 0.2) is 5.82 Å². The van der Waals surface area contributed by atoms with Crippen LogP contribution in [0.25, 0.3) is 55.7 Å². The molecule has 0 atom stereocenters. The van der Waals surface area contributed by atoms with Crippen molar-refractivity contribution in [3.05, 3.63) is 79.1 Å². The lowest BCUT2D eigenvalue weighted by Crippen LogP contribution is -2.09. The van der Waals surface area contributed by atoms with Crippen LogP contribution in [0.15, 0.2) is 73.3 Å². The van der Waals surface area contributed by atoms with E-state index in [1.807, 2.05) is 24.3 Å². The number of aromatic amines is 2. The van der Waals surface area contributed by atoms with Gasteiger partial charge in [-0.05, 0) is 41.5 Å². The summed E-state index contributed by atoms with van der Waals surface area (Å²) in [4.78, 5) is 28.5. The van der Waals surface area contributed by atoms with Gasteiger partial charge in [0.25, 0.3) is 0 Å². The van der Waals surface area contributed by atoms with Crippen molar-refractivity contribution in [2.24, 2.45) is 0 Å². The largest absolute Gasteiger partial charge is 0.335 e. The summed E-state index contributed by atoms with van der Waals surface area (Å²) in [5.41, 5.74) is 7.05. The van der Waals surface area contributed by atoms with Gasteiger partial charge in [0.05, 0.1) is 34.6 Å². The number of carbonyl (C=O) groups is 1. The Bertz CT molecular complexity index is 1740. The first-order valence-corrected chi connectivity index (χ1v) is 11.4. The number of hydrogen-bond acceptors (Lipinski definition) is 5. The van der Waals surface area contributed by atoms with Gasteiger partial charge in [-0.3, -0.25) is 19.9 Å². The lowest BCUT2D eigenvalue weighted by Gasteiger charge is -2.06. The number of nitrogens with zero attached hydrogens (tertiary/aromatic N) is 4. The van der Waals surface area contributed by atoms with E-state index in [1.165, 1.54) is 12.1 Å². The molecule has 0 saturated carbocycles. The van der Waals surface area contributed by atoms with Crippen LogP contribution in [0.4, 0.5) is 10.1 Å². The Morgan fingerprint density at radius 3 is 2.56 bits per heavy atom. The zero-order chi connectivity index (χ0) is 24.6. The minimum atomic E-state index is -0.297. The van der Waals surface area contributed by atoms with Gasteiger partial charge < -0.3 is 10.3 Å². The van der Waals surface area contributed by atoms with Crippen LogP contribution in [0.3, 0.4) is 0 Å². The van der Waals surface area contributed by atoms with Crippen LogP contribution < -0.4 is 5.32 Å². The fourth-order valence-electron chi connectivity index (χ4n) is 4.18. The topological polar surface area (TPSA) is 112 Å². The Morgan fingerprint density at radius 2 is 1.72 bits per heavy atom. The minimum absolute atomic E-state index is 0.0686. The number of anilines is 1. The third-order valence-electron chi connectivity index (χ3n) is 6.01. The predicted octanol–water partition coefficient (Wildman–Crippen LogP) is 5.72. The fraction of sp³-hybridized carbons (Fsp3) is 0.0741. The summed E-state index contributed by atoms with van der Waals surface area (Å²) in [6.45, 7) is 1.80. The summed E-state index contributed by atoms with van der Waals surface area (Å²) in [6.07, 6.45) is 7.20. The van der Waals surface area contributed by atoms with Crippen LogP contribution >= 0.6 is 0 Å². The van der Waals surface area contributed by atoms with Crippen LogP contribution in [0, 0.1) is 5.82 Å². The normalized spacial score (nSPS) is 11.3. The summed E-state index contributed by atoms with van der Waals surface area (Å²) in [5, 5.41) is 11.3. The van der Waals surface area contributed by atoms with Gasteiger partial charge >= 0.3 is 0 Å². The quantitative estimate of drug-likeness (QED) is 0.294. The third-order valence-corrected chi connectivity index (χ3v) is 6.01. The predicted molar refractivity (Wildman–Crippen MR) is 137 cm³/mol. The number of rotatable bonds is 5. The molecule has 0 unspecified atom stereocenters. The van der Waals surface area contributed by atoms with Crippen LogP contribution in [0.1, 0.15) is 13.3 Å². The number of pyridine rings is 2. The molecule has 0 radical (unpaired) electrons. The Morgan fingerprint density at radius 1 is 0.917 bits per heavy atom. The van der Waals surface area contributed by atoms with Crippen LogP contribution in [-0.4, -0.2) is 36.0 Å². The van der Waals surface area contributed by atoms with Gasteiger partial charge in [0.2, 0.25) is 5.91 Å². The fourth-order valence-corrected chi connectivity index (χ4v) is 4.18. The van der Waals surface area contributed by atoms with E-state index < -0.39 is 0 Å². The van der Waals surface area contributed by atoms with Crippen molar-refractivity contribution in [1.82, 2.24) is 30.1 Å². The average molecular weight is 478 g/mol. The molecule has 1 amide bonds. The summed E-state index contributed by atoms with van der Waals surface area (Å²) >= 11 is 0. The Labute approximate surface area is 204 Å². The highest BCUT2D eigenvalue weighted by Gasteiger charge is 2.16. The Hall–Kier alpha value is -4.92. The van der Waals surface area contributed by atoms with Crippen molar-refractivity contribution in [2.75, 3.05) is 5.32 Å². The smallest absolute Gasteiger partial charge is 0.224 e. The van der Waals surface area contributed by atoms with Crippen molar-refractivity contribution in [2.45, 2.75) is 13.3 Å². The van der Waals surface area contributed by atoms with Crippen LogP contribution in [0.5, 0.6) is 0 Å². The molecule has 9 heteroatoms. The van der Waals surface area contributed by atoms with E-state index in [-0.39, 0.29) is 11.7 Å². The highest BCUT2D eigenvalue weighted by atomic mass is 19.1. The standard InChI is InChI=1S/C27H20FN7O/c1-2-24(36)31-19-9-17(11-29-12-19)16-5-8-22-20(10-16)26(35-34-22)27-32-23-14-30-13-21(25(23)33-27)15-3-6-18(28)7-4-15/h3-14H,2H2,1H3,(H,31,36)(H,32,33)(H,34,35). The first kappa shape index (κ1) is 21.6. The lowest BCUT2D eigenvalue weighted by molar-refractivity contribution is -0.115. The second-order valence-corrected chi connectivity index (χ2v) is 8.37. The molecule has 36 heavy (non-hydrogen) atoms. The molecule has 0 saturated heterocycles. The second kappa shape index (κ2) is 8.70. The summed E-state index contributed by atoms with van der Waals surface area (Å²) in [6, 6.07) is 14.1. The SMILES string of the molecule is CCC(=O)Nc1cncc(-c2ccc3[nH]nc(-c4nc5c(-c6ccc(F)cc6)cncc5[nH]4)c3c2)c1. The molecular formula is C27H20FN7O. The molecule has 4 heterocycles. The van der Waals surface area contributed by atoms with E-state index >= 15 is 0 Å². The molecule has 0 spiro atoms. The molecule has 0 aliphatic carbocycles. The number of imidazole rings is 1. The van der Waals surface area contributed by atoms with Gasteiger partial charge in [0, 0.05) is 35.3 Å². The van der Waals surface area contributed by atoms with E-state index in [9.17, 15) is 9.18 Å². The molecule has 3 N–H and O–H groups in total. The van der Waals surface area contributed by atoms with Crippen molar-refractivity contribution >= 4 is 33.5 Å². The van der Waals surface area contributed by atoms with E-state index in [0.717, 1.165) is 44.2 Å². The van der Waals surface area contributed by atoms with Crippen LogP contribution in [-0.2, 0) is 4.79 Å². The monoisotopic (exact) mass is 477 g/mol. The van der Waals surface area contributed by atoms with Crippen molar-refractivity contribution in [1.29, 1.82) is 0 Å². The highest BCUT2D eigenvalue weighted by molar-refractivity contribution is 5.98. The summed E-state index contributed by atoms with van der Waals surface area (Å²) in [5.74, 6) is 0.224. The van der Waals surface area contributed by atoms with Gasteiger partial charge in [-0.15, -0.1) is 0 Å². The zero-order valence-electron chi connectivity index (χ0n) is 19.2. The van der Waals surface area contributed by atoms with Gasteiger partial charge in [-0.1, -0.05) is 25.1 Å². The molecular weight excluding hydrogens is 457 g/mol. The number of carbonyl (C=O) groups excluding carboxylic acids is 1. The highest BCUT2D eigenvalue weighted by Crippen LogP contribution is 2.33. The Balaban J connectivity index is 1.42. The molecule has 0 aliphatic heterocycles. The van der Waals surface area contributed by atoms with E-state index in [1.54, 1.807) is 43.8 Å². The first-order chi connectivity index (χ1) is 17.6.